The molecule has 1 amide bonds. The van der Waals surface area contributed by atoms with Crippen LogP contribution in [0.25, 0.3) is 11.3 Å². The molecule has 1 unspecified atom stereocenters. The van der Waals surface area contributed by atoms with Crippen LogP contribution < -0.4 is 5.56 Å². The lowest BCUT2D eigenvalue weighted by molar-refractivity contribution is -0.133. The predicted octanol–water partition coefficient (Wildman–Crippen LogP) is 2.93. The standard InChI is InChI=1S/C23H23N3O2/c1-25(20-12-11-17-7-5-6-10-19(17)15-20)23(28)16-26-22(27)14-13-21(24-26)18-8-3-2-4-9-18/h2-10,13-14,20H,11-12,15-16H2,1H3. The van der Waals surface area contributed by atoms with Crippen LogP contribution in [0.2, 0.25) is 0 Å². The van der Waals surface area contributed by atoms with E-state index in [1.807, 2.05) is 43.4 Å². The zero-order valence-electron chi connectivity index (χ0n) is 15.9. The number of hydrogen-bond acceptors (Lipinski definition) is 3. The molecule has 142 valence electrons. The average molecular weight is 373 g/mol. The maximum Gasteiger partial charge on any atom is 0.267 e. The summed E-state index contributed by atoms with van der Waals surface area (Å²) in [5, 5.41) is 4.40. The van der Waals surface area contributed by atoms with Gasteiger partial charge in [0.25, 0.3) is 5.56 Å². The molecule has 0 N–H and O–H groups in total. The molecule has 4 rings (SSSR count). The molecule has 0 saturated heterocycles. The molecule has 0 radical (unpaired) electrons. The average Bonchev–Trinajstić information content (AvgIpc) is 2.75. The van der Waals surface area contributed by atoms with Crippen LogP contribution in [-0.4, -0.2) is 33.7 Å². The van der Waals surface area contributed by atoms with Crippen molar-refractivity contribution in [1.29, 1.82) is 0 Å². The van der Waals surface area contributed by atoms with E-state index in [4.69, 9.17) is 0 Å². The highest BCUT2D eigenvalue weighted by atomic mass is 16.2. The summed E-state index contributed by atoms with van der Waals surface area (Å²) in [6.07, 6.45) is 2.76. The van der Waals surface area contributed by atoms with Gasteiger partial charge in [0.2, 0.25) is 5.91 Å². The summed E-state index contributed by atoms with van der Waals surface area (Å²) >= 11 is 0. The Morgan fingerprint density at radius 3 is 2.54 bits per heavy atom. The fourth-order valence-electron chi connectivity index (χ4n) is 3.78. The van der Waals surface area contributed by atoms with Crippen LogP contribution in [0, 0.1) is 0 Å². The van der Waals surface area contributed by atoms with Crippen molar-refractivity contribution in [2.45, 2.75) is 31.8 Å². The third-order valence-electron chi connectivity index (χ3n) is 5.48. The molecule has 1 aliphatic rings. The highest BCUT2D eigenvalue weighted by Crippen LogP contribution is 2.24. The molecule has 28 heavy (non-hydrogen) atoms. The lowest BCUT2D eigenvalue weighted by Crippen LogP contribution is -2.43. The molecule has 5 heteroatoms. The van der Waals surface area contributed by atoms with Crippen molar-refractivity contribution in [3.05, 3.63) is 88.2 Å². The first-order valence-electron chi connectivity index (χ1n) is 9.58. The Labute approximate surface area is 164 Å². The molecule has 1 aromatic heterocycles. The Kier molecular flexibility index (Phi) is 5.06. The Morgan fingerprint density at radius 2 is 1.75 bits per heavy atom. The van der Waals surface area contributed by atoms with Crippen LogP contribution in [0.5, 0.6) is 0 Å². The van der Waals surface area contributed by atoms with Gasteiger partial charge in [-0.2, -0.15) is 5.10 Å². The zero-order chi connectivity index (χ0) is 19.5. The van der Waals surface area contributed by atoms with Crippen LogP contribution in [0.4, 0.5) is 0 Å². The third kappa shape index (κ3) is 3.74. The Hall–Kier alpha value is -3.21. The van der Waals surface area contributed by atoms with E-state index in [9.17, 15) is 9.59 Å². The number of aryl methyl sites for hydroxylation is 1. The van der Waals surface area contributed by atoms with E-state index in [0.717, 1.165) is 24.8 Å². The highest BCUT2D eigenvalue weighted by molar-refractivity contribution is 5.76. The van der Waals surface area contributed by atoms with Crippen molar-refractivity contribution in [3.8, 4) is 11.3 Å². The van der Waals surface area contributed by atoms with Crippen molar-refractivity contribution in [1.82, 2.24) is 14.7 Å². The quantitative estimate of drug-likeness (QED) is 0.707. The van der Waals surface area contributed by atoms with Gasteiger partial charge in [0.1, 0.15) is 6.54 Å². The van der Waals surface area contributed by atoms with E-state index < -0.39 is 0 Å². The van der Waals surface area contributed by atoms with E-state index in [0.29, 0.717) is 5.69 Å². The maximum atomic E-state index is 12.8. The van der Waals surface area contributed by atoms with E-state index in [-0.39, 0.29) is 24.1 Å². The summed E-state index contributed by atoms with van der Waals surface area (Å²) in [5.41, 5.74) is 4.01. The fourth-order valence-corrected chi connectivity index (χ4v) is 3.78. The smallest absolute Gasteiger partial charge is 0.267 e. The van der Waals surface area contributed by atoms with E-state index >= 15 is 0 Å². The second-order valence-corrected chi connectivity index (χ2v) is 7.25. The van der Waals surface area contributed by atoms with Gasteiger partial charge in [0.05, 0.1) is 5.69 Å². The Balaban J connectivity index is 1.50. The number of aromatic nitrogens is 2. The summed E-state index contributed by atoms with van der Waals surface area (Å²) in [7, 11) is 1.83. The monoisotopic (exact) mass is 373 g/mol. The first-order chi connectivity index (χ1) is 13.6. The van der Waals surface area contributed by atoms with Crippen molar-refractivity contribution in [2.24, 2.45) is 0 Å². The largest absolute Gasteiger partial charge is 0.341 e. The van der Waals surface area contributed by atoms with E-state index in [1.54, 1.807) is 11.0 Å². The molecule has 0 saturated carbocycles. The van der Waals surface area contributed by atoms with Gasteiger partial charge in [0.15, 0.2) is 0 Å². The molecule has 1 atom stereocenters. The summed E-state index contributed by atoms with van der Waals surface area (Å²) in [6.45, 7) is -0.0475. The number of likely N-dealkylation sites (N-methyl/N-ethyl adjacent to an activating group) is 1. The second kappa shape index (κ2) is 7.80. The molecule has 0 bridgehead atoms. The fraction of sp³-hybridized carbons (Fsp3) is 0.261. The molecular weight excluding hydrogens is 350 g/mol. The highest BCUT2D eigenvalue weighted by Gasteiger charge is 2.25. The lowest BCUT2D eigenvalue weighted by Gasteiger charge is -2.32. The first kappa shape index (κ1) is 18.2. The van der Waals surface area contributed by atoms with Crippen molar-refractivity contribution in [2.75, 3.05) is 7.05 Å². The predicted molar refractivity (Wildman–Crippen MR) is 109 cm³/mol. The lowest BCUT2D eigenvalue weighted by atomic mass is 9.87. The minimum absolute atomic E-state index is 0.0475. The van der Waals surface area contributed by atoms with Crippen LogP contribution in [-0.2, 0) is 24.2 Å². The second-order valence-electron chi connectivity index (χ2n) is 7.25. The molecular formula is C23H23N3O2. The summed E-state index contributed by atoms with van der Waals surface area (Å²) < 4.78 is 1.26. The zero-order valence-corrected chi connectivity index (χ0v) is 15.9. The van der Waals surface area contributed by atoms with Gasteiger partial charge < -0.3 is 4.90 Å². The normalized spacial score (nSPS) is 15.7. The van der Waals surface area contributed by atoms with Crippen molar-refractivity contribution in [3.63, 3.8) is 0 Å². The minimum atomic E-state index is -0.268. The molecule has 3 aromatic rings. The van der Waals surface area contributed by atoms with Crippen LogP contribution in [0.15, 0.2) is 71.5 Å². The van der Waals surface area contributed by atoms with Crippen molar-refractivity contribution >= 4 is 5.91 Å². The van der Waals surface area contributed by atoms with Crippen LogP contribution in [0.3, 0.4) is 0 Å². The number of fused-ring (bicyclic) bond motifs is 1. The number of nitrogens with zero attached hydrogens (tertiary/aromatic N) is 3. The summed E-state index contributed by atoms with van der Waals surface area (Å²) in [6, 6.07) is 21.4. The van der Waals surface area contributed by atoms with Crippen LogP contribution >= 0.6 is 0 Å². The minimum Gasteiger partial charge on any atom is -0.341 e. The Bertz CT molecular complexity index is 1040. The van der Waals surface area contributed by atoms with Gasteiger partial charge in [0, 0.05) is 24.7 Å². The van der Waals surface area contributed by atoms with Gasteiger partial charge >= 0.3 is 0 Å². The molecule has 1 aliphatic carbocycles. The van der Waals surface area contributed by atoms with E-state index in [2.05, 4.69) is 23.3 Å². The maximum absolute atomic E-state index is 12.8. The van der Waals surface area contributed by atoms with Gasteiger partial charge in [-0.05, 0) is 36.5 Å². The van der Waals surface area contributed by atoms with Gasteiger partial charge in [-0.3, -0.25) is 9.59 Å². The van der Waals surface area contributed by atoms with Gasteiger partial charge in [-0.25, -0.2) is 4.68 Å². The molecule has 1 heterocycles. The number of hydrogen-bond donors (Lipinski definition) is 0. The number of carbonyl (C=O) groups is 1. The molecule has 0 aliphatic heterocycles. The molecule has 0 spiro atoms. The third-order valence-corrected chi connectivity index (χ3v) is 5.48. The number of rotatable bonds is 4. The summed E-state index contributed by atoms with van der Waals surface area (Å²) in [4.78, 5) is 26.9. The molecule has 2 aromatic carbocycles. The molecule has 0 fully saturated rings. The van der Waals surface area contributed by atoms with Crippen LogP contribution in [0.1, 0.15) is 17.5 Å². The van der Waals surface area contributed by atoms with E-state index in [1.165, 1.54) is 21.9 Å². The van der Waals surface area contributed by atoms with Gasteiger partial charge in [-0.15, -0.1) is 0 Å². The topological polar surface area (TPSA) is 55.2 Å². The number of benzene rings is 2. The Morgan fingerprint density at radius 1 is 1.04 bits per heavy atom. The first-order valence-corrected chi connectivity index (χ1v) is 9.58. The number of carbonyl (C=O) groups excluding carboxylic acids is 1. The number of amides is 1. The molecule has 5 nitrogen and oxygen atoms in total. The van der Waals surface area contributed by atoms with Gasteiger partial charge in [-0.1, -0.05) is 54.6 Å². The summed E-state index contributed by atoms with van der Waals surface area (Å²) in [5.74, 6) is -0.0933. The SMILES string of the molecule is CN(C(=O)Cn1nc(-c2ccccc2)ccc1=O)C1CCc2ccccc2C1. The van der Waals surface area contributed by atoms with Crippen molar-refractivity contribution < 1.29 is 4.79 Å².